The first-order chi connectivity index (χ1) is 12.6. The van der Waals surface area contributed by atoms with Crippen molar-refractivity contribution in [2.45, 2.75) is 26.8 Å². The van der Waals surface area contributed by atoms with E-state index in [0.29, 0.717) is 0 Å². The van der Waals surface area contributed by atoms with Gasteiger partial charge in [0, 0.05) is 23.8 Å². The molecule has 0 radical (unpaired) electrons. The van der Waals surface area contributed by atoms with Crippen molar-refractivity contribution in [1.82, 2.24) is 9.88 Å². The number of aromatic nitrogens is 1. The van der Waals surface area contributed by atoms with Crippen LogP contribution in [0.2, 0.25) is 0 Å². The van der Waals surface area contributed by atoms with Crippen molar-refractivity contribution < 1.29 is 9.13 Å². The molecule has 0 unspecified atom stereocenters. The summed E-state index contributed by atoms with van der Waals surface area (Å²) in [5.41, 5.74) is 7.07. The molecule has 1 aliphatic rings. The molecule has 0 saturated heterocycles. The van der Waals surface area contributed by atoms with Crippen LogP contribution in [0.3, 0.4) is 0 Å². The predicted molar refractivity (Wildman–Crippen MR) is 105 cm³/mol. The summed E-state index contributed by atoms with van der Waals surface area (Å²) in [5.74, 6) is -0.0700. The Bertz CT molecular complexity index is 1020. The third kappa shape index (κ3) is 2.80. The number of methoxy groups -OCH3 is 1. The van der Waals surface area contributed by atoms with Gasteiger partial charge in [-0.05, 0) is 67.8 Å². The Kier molecular flexibility index (Phi) is 4.29. The van der Waals surface area contributed by atoms with Crippen molar-refractivity contribution in [2.24, 2.45) is 0 Å². The molecule has 0 atom stereocenters. The zero-order valence-electron chi connectivity index (χ0n) is 15.4. The van der Waals surface area contributed by atoms with E-state index < -0.39 is 0 Å². The number of nitrogens with zero attached hydrogens (tertiary/aromatic N) is 1. The molecule has 1 aliphatic heterocycles. The molecule has 0 amide bonds. The van der Waals surface area contributed by atoms with Gasteiger partial charge in [-0.3, -0.25) is 0 Å². The third-order valence-corrected chi connectivity index (χ3v) is 5.15. The molecule has 0 saturated carbocycles. The largest absolute Gasteiger partial charge is 0.494 e. The van der Waals surface area contributed by atoms with Crippen LogP contribution in [0.1, 0.15) is 29.3 Å². The number of rotatable bonds is 3. The maximum absolute atomic E-state index is 14.1. The van der Waals surface area contributed by atoms with E-state index in [1.54, 1.807) is 6.07 Å². The zero-order valence-corrected chi connectivity index (χ0v) is 15.4. The van der Waals surface area contributed by atoms with Gasteiger partial charge >= 0.3 is 0 Å². The first kappa shape index (κ1) is 16.9. The highest BCUT2D eigenvalue weighted by atomic mass is 19.1. The molecule has 0 spiro atoms. The van der Waals surface area contributed by atoms with E-state index in [0.717, 1.165) is 30.6 Å². The van der Waals surface area contributed by atoms with Gasteiger partial charge in [-0.25, -0.2) is 4.39 Å². The molecule has 26 heavy (non-hydrogen) atoms. The van der Waals surface area contributed by atoms with E-state index >= 15 is 0 Å². The topological polar surface area (TPSA) is 26.2 Å². The van der Waals surface area contributed by atoms with Crippen LogP contribution in [-0.4, -0.2) is 18.2 Å². The van der Waals surface area contributed by atoms with Crippen LogP contribution in [0.4, 0.5) is 4.39 Å². The number of aryl methyl sites for hydroxylation is 1. The van der Waals surface area contributed by atoms with Crippen molar-refractivity contribution in [2.75, 3.05) is 13.7 Å². The van der Waals surface area contributed by atoms with Gasteiger partial charge in [0.15, 0.2) is 11.6 Å². The van der Waals surface area contributed by atoms with E-state index in [2.05, 4.69) is 41.2 Å². The minimum Gasteiger partial charge on any atom is -0.494 e. The lowest BCUT2D eigenvalue weighted by molar-refractivity contribution is 0.386. The van der Waals surface area contributed by atoms with Crippen LogP contribution in [0.5, 0.6) is 5.75 Å². The van der Waals surface area contributed by atoms with Crippen LogP contribution in [0.25, 0.3) is 22.7 Å². The molecular weight excluding hydrogens is 327 g/mol. The molecule has 1 aromatic heterocycles. The summed E-state index contributed by atoms with van der Waals surface area (Å²) in [4.78, 5) is 0. The Morgan fingerprint density at radius 1 is 1.23 bits per heavy atom. The van der Waals surface area contributed by atoms with Gasteiger partial charge < -0.3 is 14.6 Å². The lowest BCUT2D eigenvalue weighted by Gasteiger charge is -2.16. The summed E-state index contributed by atoms with van der Waals surface area (Å²) in [5, 5.41) is 4.79. The summed E-state index contributed by atoms with van der Waals surface area (Å²) >= 11 is 0. The van der Waals surface area contributed by atoms with Crippen molar-refractivity contribution in [3.05, 3.63) is 64.6 Å². The Morgan fingerprint density at radius 2 is 2.08 bits per heavy atom. The first-order valence-electron chi connectivity index (χ1n) is 8.94. The number of ether oxygens (including phenoxy) is 1. The van der Waals surface area contributed by atoms with Crippen molar-refractivity contribution >= 4 is 22.7 Å². The number of allylic oxidation sites excluding steroid dienone is 1. The zero-order chi connectivity index (χ0) is 18.3. The first-order valence-corrected chi connectivity index (χ1v) is 8.94. The van der Waals surface area contributed by atoms with Gasteiger partial charge in [0.25, 0.3) is 0 Å². The van der Waals surface area contributed by atoms with Crippen molar-refractivity contribution in [1.29, 1.82) is 0 Å². The van der Waals surface area contributed by atoms with Crippen LogP contribution in [0, 0.1) is 12.7 Å². The fourth-order valence-electron chi connectivity index (χ4n) is 3.77. The Hall–Kier alpha value is -2.59. The van der Waals surface area contributed by atoms with Crippen molar-refractivity contribution in [3.8, 4) is 5.75 Å². The van der Waals surface area contributed by atoms with E-state index in [9.17, 15) is 4.39 Å². The number of nitrogens with one attached hydrogen (secondary N) is 1. The van der Waals surface area contributed by atoms with Crippen LogP contribution < -0.4 is 10.1 Å². The monoisotopic (exact) mass is 350 g/mol. The van der Waals surface area contributed by atoms with Gasteiger partial charge in [-0.2, -0.15) is 0 Å². The van der Waals surface area contributed by atoms with Crippen LogP contribution in [0.15, 0.2) is 36.4 Å². The van der Waals surface area contributed by atoms with E-state index in [1.807, 2.05) is 13.0 Å². The standard InChI is InChI=1S/C22H23FN2O/c1-14-4-6-20-18(10-14)17-8-9-24-12-21(17)25(20)13-15(2)16-5-7-22(26-3)19(23)11-16/h4-7,10-11,13,24H,8-9,12H2,1-3H3/b15-13+. The number of halogens is 1. The molecule has 3 aromatic rings. The van der Waals surface area contributed by atoms with Gasteiger partial charge in [0.05, 0.1) is 12.6 Å². The van der Waals surface area contributed by atoms with Gasteiger partial charge in [-0.1, -0.05) is 17.7 Å². The van der Waals surface area contributed by atoms with Gasteiger partial charge in [0.1, 0.15) is 0 Å². The van der Waals surface area contributed by atoms with Gasteiger partial charge in [-0.15, -0.1) is 0 Å². The molecule has 4 rings (SSSR count). The molecule has 0 bridgehead atoms. The second kappa shape index (κ2) is 6.61. The SMILES string of the molecule is COc1ccc(/C(C)=C/n2c3c(c4cc(C)ccc42)CCNC3)cc1F. The predicted octanol–water partition coefficient (Wildman–Crippen LogP) is 4.76. The fraction of sp³-hybridized carbons (Fsp3) is 0.273. The summed E-state index contributed by atoms with van der Waals surface area (Å²) in [6.45, 7) is 6.01. The second-order valence-electron chi connectivity index (χ2n) is 6.90. The average Bonchev–Trinajstić information content (AvgIpc) is 2.95. The Labute approximate surface area is 153 Å². The van der Waals surface area contributed by atoms with E-state index in [1.165, 1.54) is 40.9 Å². The molecule has 2 heterocycles. The van der Waals surface area contributed by atoms with Gasteiger partial charge in [0.2, 0.25) is 0 Å². The minimum absolute atomic E-state index is 0.269. The number of fused-ring (bicyclic) bond motifs is 3. The molecular formula is C22H23FN2O. The summed E-state index contributed by atoms with van der Waals surface area (Å²) in [6.07, 6.45) is 3.15. The second-order valence-corrected chi connectivity index (χ2v) is 6.90. The molecule has 0 fully saturated rings. The fourth-order valence-corrected chi connectivity index (χ4v) is 3.77. The summed E-state index contributed by atoms with van der Waals surface area (Å²) in [7, 11) is 1.48. The van der Waals surface area contributed by atoms with E-state index in [4.69, 9.17) is 4.74 Å². The minimum atomic E-state index is -0.338. The number of benzene rings is 2. The lowest BCUT2D eigenvalue weighted by Crippen LogP contribution is -2.24. The quantitative estimate of drug-likeness (QED) is 0.737. The summed E-state index contributed by atoms with van der Waals surface area (Å²) in [6, 6.07) is 11.7. The molecule has 134 valence electrons. The summed E-state index contributed by atoms with van der Waals surface area (Å²) < 4.78 is 21.4. The smallest absolute Gasteiger partial charge is 0.165 e. The van der Waals surface area contributed by atoms with Crippen LogP contribution in [-0.2, 0) is 13.0 Å². The van der Waals surface area contributed by atoms with E-state index in [-0.39, 0.29) is 11.6 Å². The average molecular weight is 350 g/mol. The number of hydrogen-bond acceptors (Lipinski definition) is 2. The number of hydrogen-bond donors (Lipinski definition) is 1. The molecule has 2 aromatic carbocycles. The molecule has 4 heteroatoms. The van der Waals surface area contributed by atoms with Crippen LogP contribution >= 0.6 is 0 Å². The highest BCUT2D eigenvalue weighted by molar-refractivity contribution is 5.90. The maximum Gasteiger partial charge on any atom is 0.165 e. The highest BCUT2D eigenvalue weighted by Gasteiger charge is 2.19. The third-order valence-electron chi connectivity index (χ3n) is 5.15. The Balaban J connectivity index is 1.86. The molecule has 1 N–H and O–H groups in total. The Morgan fingerprint density at radius 3 is 2.85 bits per heavy atom. The van der Waals surface area contributed by atoms with Crippen molar-refractivity contribution in [3.63, 3.8) is 0 Å². The molecule has 0 aliphatic carbocycles. The highest BCUT2D eigenvalue weighted by Crippen LogP contribution is 2.31. The molecule has 3 nitrogen and oxygen atoms in total. The normalized spacial score (nSPS) is 14.5. The maximum atomic E-state index is 14.1. The lowest BCUT2D eigenvalue weighted by atomic mass is 10.0.